The molecule has 0 fully saturated rings. The van der Waals surface area contributed by atoms with Crippen molar-refractivity contribution in [2.45, 2.75) is 32.8 Å². The average molecular weight is 570 g/mol. The predicted octanol–water partition coefficient (Wildman–Crippen LogP) is 6.52. The zero-order chi connectivity index (χ0) is 25.7. The third-order valence-corrected chi connectivity index (χ3v) is 6.33. The second-order valence-corrected chi connectivity index (χ2v) is 9.34. The molecule has 3 aromatic carbocycles. The van der Waals surface area contributed by atoms with Gasteiger partial charge in [-0.25, -0.2) is 4.98 Å². The fourth-order valence-electron chi connectivity index (χ4n) is 3.59. The average Bonchev–Trinajstić information content (AvgIpc) is 2.87. The van der Waals surface area contributed by atoms with Crippen LogP contribution in [0.2, 0.25) is 5.02 Å². The van der Waals surface area contributed by atoms with Crippen LogP contribution in [0.5, 0.6) is 5.75 Å². The minimum atomic E-state index is -0.521. The summed E-state index contributed by atoms with van der Waals surface area (Å²) >= 11 is 9.54. The van der Waals surface area contributed by atoms with Gasteiger partial charge in [0.05, 0.1) is 22.0 Å². The van der Waals surface area contributed by atoms with Crippen molar-refractivity contribution in [2.75, 3.05) is 0 Å². The first-order chi connectivity index (χ1) is 17.4. The molecule has 0 atom stereocenters. The minimum absolute atomic E-state index is 0.0858. The first kappa shape index (κ1) is 25.5. The van der Waals surface area contributed by atoms with Crippen LogP contribution in [0.4, 0.5) is 5.69 Å². The summed E-state index contributed by atoms with van der Waals surface area (Å²) in [5.74, 6) is 0.636. The van der Waals surface area contributed by atoms with Crippen molar-refractivity contribution in [3.05, 3.63) is 108 Å². The van der Waals surface area contributed by atoms with Crippen molar-refractivity contribution in [3.8, 4) is 5.75 Å². The summed E-state index contributed by atoms with van der Waals surface area (Å²) in [6, 6.07) is 17.0. The molecule has 0 unspecified atom stereocenters. The molecule has 0 saturated carbocycles. The van der Waals surface area contributed by atoms with Crippen molar-refractivity contribution in [2.24, 2.45) is 5.10 Å². The van der Waals surface area contributed by atoms with Crippen LogP contribution in [0.25, 0.3) is 10.9 Å². The third-order valence-electron chi connectivity index (χ3n) is 5.47. The number of unbranched alkanes of at least 4 members (excludes halogenated alkanes) is 1. The first-order valence-corrected chi connectivity index (χ1v) is 12.4. The van der Waals surface area contributed by atoms with Gasteiger partial charge < -0.3 is 4.74 Å². The summed E-state index contributed by atoms with van der Waals surface area (Å²) in [5, 5.41) is 17.0. The lowest BCUT2D eigenvalue weighted by Crippen LogP contribution is -2.22. The molecule has 0 spiro atoms. The summed E-state index contributed by atoms with van der Waals surface area (Å²) < 4.78 is 7.70. The van der Waals surface area contributed by atoms with E-state index in [4.69, 9.17) is 16.3 Å². The molecule has 1 aromatic heterocycles. The molecule has 36 heavy (non-hydrogen) atoms. The first-order valence-electron chi connectivity index (χ1n) is 11.3. The maximum absolute atomic E-state index is 13.2. The number of benzene rings is 3. The van der Waals surface area contributed by atoms with E-state index in [0.717, 1.165) is 17.3 Å². The Morgan fingerprint density at radius 1 is 1.19 bits per heavy atom. The molecule has 4 rings (SSSR count). The number of halogens is 2. The zero-order valence-corrected chi connectivity index (χ0v) is 21.7. The summed E-state index contributed by atoms with van der Waals surface area (Å²) in [4.78, 5) is 29.0. The Kier molecular flexibility index (Phi) is 8.12. The van der Waals surface area contributed by atoms with Gasteiger partial charge >= 0.3 is 5.69 Å². The SMILES string of the molecule is CCCCc1nc2ccc(Br)cc2c(=O)n1N=Cc1ccc(OCc2ccccc2Cl)c([N+](=O)[O-])c1. The smallest absolute Gasteiger partial charge is 0.311 e. The third kappa shape index (κ3) is 5.80. The quantitative estimate of drug-likeness (QED) is 0.130. The molecule has 0 saturated heterocycles. The van der Waals surface area contributed by atoms with Crippen LogP contribution >= 0.6 is 27.5 Å². The number of aryl methyl sites for hydroxylation is 1. The topological polar surface area (TPSA) is 99.6 Å². The number of rotatable bonds is 9. The number of fused-ring (bicyclic) bond motifs is 1. The van der Waals surface area contributed by atoms with Gasteiger partial charge in [-0.05, 0) is 42.8 Å². The number of nitro groups is 1. The molecule has 10 heteroatoms. The van der Waals surface area contributed by atoms with E-state index in [0.29, 0.717) is 39.3 Å². The molecule has 0 bridgehead atoms. The Morgan fingerprint density at radius 2 is 2.00 bits per heavy atom. The number of aromatic nitrogens is 2. The van der Waals surface area contributed by atoms with E-state index < -0.39 is 4.92 Å². The second kappa shape index (κ2) is 11.5. The molecule has 0 amide bonds. The van der Waals surface area contributed by atoms with Crippen molar-refractivity contribution in [1.82, 2.24) is 9.66 Å². The molecule has 0 aliphatic rings. The molecule has 1 heterocycles. The lowest BCUT2D eigenvalue weighted by molar-refractivity contribution is -0.385. The van der Waals surface area contributed by atoms with Crippen LogP contribution in [0.1, 0.15) is 36.7 Å². The van der Waals surface area contributed by atoms with Crippen LogP contribution in [-0.4, -0.2) is 20.8 Å². The molecule has 0 aliphatic heterocycles. The van der Waals surface area contributed by atoms with Crippen LogP contribution in [0.15, 0.2) is 75.0 Å². The fourth-order valence-corrected chi connectivity index (χ4v) is 4.14. The maximum Gasteiger partial charge on any atom is 0.311 e. The van der Waals surface area contributed by atoms with E-state index in [-0.39, 0.29) is 23.6 Å². The Labute approximate surface area is 220 Å². The van der Waals surface area contributed by atoms with Crippen molar-refractivity contribution in [1.29, 1.82) is 0 Å². The van der Waals surface area contributed by atoms with Gasteiger partial charge in [-0.3, -0.25) is 14.9 Å². The summed E-state index contributed by atoms with van der Waals surface area (Å²) in [6.45, 7) is 2.14. The van der Waals surface area contributed by atoms with Crippen LogP contribution < -0.4 is 10.3 Å². The van der Waals surface area contributed by atoms with Crippen LogP contribution in [0, 0.1) is 10.1 Å². The lowest BCUT2D eigenvalue weighted by Gasteiger charge is -2.10. The van der Waals surface area contributed by atoms with Gasteiger partial charge in [0.1, 0.15) is 12.4 Å². The number of ether oxygens (including phenoxy) is 1. The molecule has 4 aromatic rings. The number of hydrogen-bond donors (Lipinski definition) is 0. The van der Waals surface area contributed by atoms with Gasteiger partial charge in [0, 0.05) is 33.1 Å². The van der Waals surface area contributed by atoms with Gasteiger partial charge in [0.25, 0.3) is 5.56 Å². The van der Waals surface area contributed by atoms with E-state index in [2.05, 4.69) is 32.9 Å². The number of nitro benzene ring substituents is 1. The van der Waals surface area contributed by atoms with E-state index in [1.165, 1.54) is 23.0 Å². The minimum Gasteiger partial charge on any atom is -0.482 e. The van der Waals surface area contributed by atoms with Crippen molar-refractivity contribution in [3.63, 3.8) is 0 Å². The molecular weight excluding hydrogens is 548 g/mol. The summed E-state index contributed by atoms with van der Waals surface area (Å²) in [5.41, 5.74) is 1.22. The van der Waals surface area contributed by atoms with E-state index in [1.807, 2.05) is 12.1 Å². The Balaban J connectivity index is 1.67. The standard InChI is InChI=1S/C26H22BrClN4O4/c1-2-3-8-25-30-22-11-10-19(27)14-20(22)26(33)31(25)29-15-17-9-12-24(23(13-17)32(34)35)36-16-18-6-4-5-7-21(18)28/h4-7,9-15H,2-3,8,16H2,1H3. The van der Waals surface area contributed by atoms with Gasteiger partial charge in [-0.1, -0.05) is 59.1 Å². The van der Waals surface area contributed by atoms with E-state index >= 15 is 0 Å². The Bertz CT molecular complexity index is 1520. The van der Waals surface area contributed by atoms with Gasteiger partial charge in [-0.2, -0.15) is 9.78 Å². The van der Waals surface area contributed by atoms with Gasteiger partial charge in [0.2, 0.25) is 0 Å². The van der Waals surface area contributed by atoms with E-state index in [9.17, 15) is 14.9 Å². The monoisotopic (exact) mass is 568 g/mol. The highest BCUT2D eigenvalue weighted by molar-refractivity contribution is 9.10. The molecule has 184 valence electrons. The predicted molar refractivity (Wildman–Crippen MR) is 144 cm³/mol. The molecule has 0 aliphatic carbocycles. The fraction of sp³-hybridized carbons (Fsp3) is 0.192. The largest absolute Gasteiger partial charge is 0.482 e. The number of hydrogen-bond acceptors (Lipinski definition) is 6. The van der Waals surface area contributed by atoms with Gasteiger partial charge in [0.15, 0.2) is 5.75 Å². The van der Waals surface area contributed by atoms with Crippen molar-refractivity contribution >= 4 is 50.3 Å². The van der Waals surface area contributed by atoms with Crippen LogP contribution in [-0.2, 0) is 13.0 Å². The van der Waals surface area contributed by atoms with Crippen molar-refractivity contribution < 1.29 is 9.66 Å². The lowest BCUT2D eigenvalue weighted by atomic mass is 10.2. The highest BCUT2D eigenvalue weighted by Crippen LogP contribution is 2.29. The molecular formula is C26H22BrClN4O4. The number of nitrogens with zero attached hydrogens (tertiary/aromatic N) is 4. The van der Waals surface area contributed by atoms with Crippen LogP contribution in [0.3, 0.4) is 0 Å². The Morgan fingerprint density at radius 3 is 2.75 bits per heavy atom. The maximum atomic E-state index is 13.2. The Hall–Kier alpha value is -3.56. The highest BCUT2D eigenvalue weighted by atomic mass is 79.9. The highest BCUT2D eigenvalue weighted by Gasteiger charge is 2.17. The summed E-state index contributed by atoms with van der Waals surface area (Å²) in [7, 11) is 0. The normalized spacial score (nSPS) is 11.3. The molecule has 8 nitrogen and oxygen atoms in total. The van der Waals surface area contributed by atoms with E-state index in [1.54, 1.807) is 36.4 Å². The summed E-state index contributed by atoms with van der Waals surface area (Å²) in [6.07, 6.45) is 3.75. The van der Waals surface area contributed by atoms with Gasteiger partial charge in [-0.15, -0.1) is 0 Å². The second-order valence-electron chi connectivity index (χ2n) is 8.02. The molecule has 0 radical (unpaired) electrons. The molecule has 0 N–H and O–H groups in total. The zero-order valence-electron chi connectivity index (χ0n) is 19.4.